The summed E-state index contributed by atoms with van der Waals surface area (Å²) in [5.41, 5.74) is 0. The van der Waals surface area contributed by atoms with Crippen molar-refractivity contribution in [3.8, 4) is 0 Å². The van der Waals surface area contributed by atoms with Crippen LogP contribution in [0.25, 0.3) is 0 Å². The molecule has 0 radical (unpaired) electrons. The molecule has 3 atom stereocenters. The van der Waals surface area contributed by atoms with E-state index in [0.29, 0.717) is 13.0 Å². The van der Waals surface area contributed by atoms with Crippen LogP contribution in [-0.2, 0) is 14.3 Å². The minimum Gasteiger partial charge on any atom is -0.373 e. The molecule has 0 unspecified atom stereocenters. The number of carbonyl (C=O) groups excluding carboxylic acids is 1. The predicted molar refractivity (Wildman–Crippen MR) is 81.1 cm³/mol. The summed E-state index contributed by atoms with van der Waals surface area (Å²) >= 11 is 0. The van der Waals surface area contributed by atoms with Gasteiger partial charge < -0.3 is 14.8 Å². The van der Waals surface area contributed by atoms with E-state index >= 15 is 0 Å². The van der Waals surface area contributed by atoms with Gasteiger partial charge in [-0.1, -0.05) is 44.9 Å². The van der Waals surface area contributed by atoms with Crippen LogP contribution in [0.2, 0.25) is 0 Å². The van der Waals surface area contributed by atoms with Crippen molar-refractivity contribution >= 4 is 5.91 Å². The van der Waals surface area contributed by atoms with Crippen LogP contribution in [0, 0.1) is 5.92 Å². The van der Waals surface area contributed by atoms with Gasteiger partial charge in [0.25, 0.3) is 0 Å². The molecule has 0 bridgehead atoms. The third-order valence-corrected chi connectivity index (χ3v) is 5.30. The van der Waals surface area contributed by atoms with Crippen LogP contribution < -0.4 is 5.32 Å². The summed E-state index contributed by atoms with van der Waals surface area (Å²) in [5, 5.41) is 3.10. The molecular weight excluding hydrogens is 266 g/mol. The largest absolute Gasteiger partial charge is 0.373 e. The first-order valence-electron chi connectivity index (χ1n) is 8.85. The molecule has 4 heteroatoms. The third kappa shape index (κ3) is 4.19. The first-order chi connectivity index (χ1) is 10.3. The molecule has 0 aromatic heterocycles. The Balaban J connectivity index is 1.28. The molecule has 2 saturated heterocycles. The van der Waals surface area contributed by atoms with Crippen molar-refractivity contribution < 1.29 is 14.3 Å². The van der Waals surface area contributed by atoms with Gasteiger partial charge in [-0.15, -0.1) is 0 Å². The van der Waals surface area contributed by atoms with Gasteiger partial charge >= 0.3 is 0 Å². The Morgan fingerprint density at radius 2 is 1.90 bits per heavy atom. The van der Waals surface area contributed by atoms with Crippen LogP contribution in [-0.4, -0.2) is 37.4 Å². The number of carbonyl (C=O) groups is 1. The zero-order chi connectivity index (χ0) is 14.5. The average molecular weight is 295 g/mol. The number of hydrogen-bond acceptors (Lipinski definition) is 3. The lowest BCUT2D eigenvalue weighted by Crippen LogP contribution is -2.43. The van der Waals surface area contributed by atoms with Crippen LogP contribution in [0.3, 0.4) is 0 Å². The van der Waals surface area contributed by atoms with Crippen molar-refractivity contribution in [2.45, 2.75) is 82.5 Å². The summed E-state index contributed by atoms with van der Waals surface area (Å²) < 4.78 is 11.3. The number of amides is 1. The molecule has 0 spiro atoms. The van der Waals surface area contributed by atoms with Crippen LogP contribution in [0.5, 0.6) is 0 Å². The van der Waals surface area contributed by atoms with E-state index in [1.165, 1.54) is 44.9 Å². The smallest absolute Gasteiger partial charge is 0.220 e. The standard InChI is InChI=1S/C17H29NO3/c19-16(9-5-4-8-13-6-2-1-3-7-13)18-14-12-21-15-10-11-20-17(14)15/h13-15,17H,1-12H2,(H,18,19)/t14-,15+,17+/m0/s1. The zero-order valence-corrected chi connectivity index (χ0v) is 13.0. The highest BCUT2D eigenvalue weighted by molar-refractivity contribution is 5.76. The molecular formula is C17H29NO3. The number of nitrogens with one attached hydrogen (secondary N) is 1. The fourth-order valence-corrected chi connectivity index (χ4v) is 4.06. The maximum Gasteiger partial charge on any atom is 0.220 e. The highest BCUT2D eigenvalue weighted by Gasteiger charge is 2.42. The fourth-order valence-electron chi connectivity index (χ4n) is 4.06. The monoisotopic (exact) mass is 295 g/mol. The van der Waals surface area contributed by atoms with Gasteiger partial charge in [0.15, 0.2) is 0 Å². The minimum atomic E-state index is 0.0725. The molecule has 120 valence electrons. The topological polar surface area (TPSA) is 47.6 Å². The maximum absolute atomic E-state index is 12.0. The van der Waals surface area contributed by atoms with Crippen molar-refractivity contribution in [2.75, 3.05) is 13.2 Å². The van der Waals surface area contributed by atoms with Gasteiger partial charge in [-0.05, 0) is 18.8 Å². The lowest BCUT2D eigenvalue weighted by atomic mass is 9.85. The molecule has 2 heterocycles. The van der Waals surface area contributed by atoms with E-state index in [2.05, 4.69) is 5.32 Å². The number of hydrogen-bond donors (Lipinski definition) is 1. The fraction of sp³-hybridized carbons (Fsp3) is 0.941. The maximum atomic E-state index is 12.0. The molecule has 3 fully saturated rings. The second-order valence-electron chi connectivity index (χ2n) is 6.92. The van der Waals surface area contributed by atoms with Crippen molar-refractivity contribution in [2.24, 2.45) is 5.92 Å². The van der Waals surface area contributed by atoms with E-state index < -0.39 is 0 Å². The Hall–Kier alpha value is -0.610. The normalized spacial score (nSPS) is 33.0. The molecule has 1 amide bonds. The van der Waals surface area contributed by atoms with Crippen LogP contribution in [0.4, 0.5) is 0 Å². The summed E-state index contributed by atoms with van der Waals surface area (Å²) in [6, 6.07) is 0.0725. The predicted octanol–water partition coefficient (Wildman–Crippen LogP) is 2.80. The van der Waals surface area contributed by atoms with E-state index in [0.717, 1.165) is 25.4 Å². The number of unbranched alkanes of at least 4 members (excludes halogenated alkanes) is 1. The first kappa shape index (κ1) is 15.3. The third-order valence-electron chi connectivity index (χ3n) is 5.30. The molecule has 0 aromatic rings. The molecule has 3 rings (SSSR count). The second kappa shape index (κ2) is 7.59. The SMILES string of the molecule is O=C(CCCCC1CCCCC1)N[C@H]1CO[C@@H]2CCO[C@H]12. The van der Waals surface area contributed by atoms with Gasteiger partial charge in [0, 0.05) is 13.0 Å². The first-order valence-corrected chi connectivity index (χ1v) is 8.85. The van der Waals surface area contributed by atoms with Crippen molar-refractivity contribution in [3.63, 3.8) is 0 Å². The summed E-state index contributed by atoms with van der Waals surface area (Å²) in [4.78, 5) is 12.0. The molecule has 1 aliphatic carbocycles. The molecule has 21 heavy (non-hydrogen) atoms. The quantitative estimate of drug-likeness (QED) is 0.767. The Kier molecular flexibility index (Phi) is 5.53. The molecule has 0 aromatic carbocycles. The van der Waals surface area contributed by atoms with Crippen LogP contribution >= 0.6 is 0 Å². The van der Waals surface area contributed by atoms with E-state index in [1.54, 1.807) is 0 Å². The van der Waals surface area contributed by atoms with Gasteiger partial charge in [-0.3, -0.25) is 4.79 Å². The summed E-state index contributed by atoms with van der Waals surface area (Å²) in [6.45, 7) is 1.38. The van der Waals surface area contributed by atoms with Crippen molar-refractivity contribution in [1.82, 2.24) is 5.32 Å². The highest BCUT2D eigenvalue weighted by atomic mass is 16.6. The summed E-state index contributed by atoms with van der Waals surface area (Å²) in [7, 11) is 0. The van der Waals surface area contributed by atoms with Gasteiger partial charge in [-0.2, -0.15) is 0 Å². The number of ether oxygens (including phenoxy) is 2. The van der Waals surface area contributed by atoms with E-state index in [1.807, 2.05) is 0 Å². The minimum absolute atomic E-state index is 0.0725. The Labute approximate surface area is 127 Å². The van der Waals surface area contributed by atoms with Gasteiger partial charge in [-0.25, -0.2) is 0 Å². The van der Waals surface area contributed by atoms with Gasteiger partial charge in [0.05, 0.1) is 18.8 Å². The van der Waals surface area contributed by atoms with E-state index in [-0.39, 0.29) is 24.2 Å². The van der Waals surface area contributed by atoms with E-state index in [9.17, 15) is 4.79 Å². The lowest BCUT2D eigenvalue weighted by molar-refractivity contribution is -0.122. The molecule has 1 saturated carbocycles. The lowest BCUT2D eigenvalue weighted by Gasteiger charge is -2.21. The Bertz CT molecular complexity index is 341. The van der Waals surface area contributed by atoms with E-state index in [4.69, 9.17) is 9.47 Å². The molecule has 1 N–H and O–H groups in total. The van der Waals surface area contributed by atoms with Crippen molar-refractivity contribution in [1.29, 1.82) is 0 Å². The summed E-state index contributed by atoms with van der Waals surface area (Å²) in [6.07, 6.45) is 12.5. The number of fused-ring (bicyclic) bond motifs is 1. The second-order valence-corrected chi connectivity index (χ2v) is 6.92. The molecule has 4 nitrogen and oxygen atoms in total. The number of rotatable bonds is 6. The Morgan fingerprint density at radius 3 is 2.76 bits per heavy atom. The molecule has 2 aliphatic heterocycles. The summed E-state index contributed by atoms with van der Waals surface area (Å²) in [5.74, 6) is 1.10. The average Bonchev–Trinajstić information content (AvgIpc) is 3.10. The molecule has 3 aliphatic rings. The highest BCUT2D eigenvalue weighted by Crippen LogP contribution is 2.28. The van der Waals surface area contributed by atoms with Crippen molar-refractivity contribution in [3.05, 3.63) is 0 Å². The van der Waals surface area contributed by atoms with Crippen LogP contribution in [0.1, 0.15) is 64.2 Å². The zero-order valence-electron chi connectivity index (χ0n) is 13.0. The van der Waals surface area contributed by atoms with Gasteiger partial charge in [0.1, 0.15) is 6.10 Å². The van der Waals surface area contributed by atoms with Crippen LogP contribution in [0.15, 0.2) is 0 Å². The van der Waals surface area contributed by atoms with Gasteiger partial charge in [0.2, 0.25) is 5.91 Å². The Morgan fingerprint density at radius 1 is 1.05 bits per heavy atom.